The van der Waals surface area contributed by atoms with Crippen molar-refractivity contribution in [2.75, 3.05) is 40.9 Å². The lowest BCUT2D eigenvalue weighted by molar-refractivity contribution is -0.870. The number of allylic oxidation sites excluding steroid dienone is 7. The minimum atomic E-state index is -4.46. The van der Waals surface area contributed by atoms with Crippen molar-refractivity contribution >= 4 is 19.7 Å². The molecule has 0 aliphatic carbocycles. The third kappa shape index (κ3) is 58.6. The molecule has 0 aromatic carbocycles. The van der Waals surface area contributed by atoms with Gasteiger partial charge in [0.15, 0.2) is 0 Å². The highest BCUT2D eigenvalue weighted by atomic mass is 31.2. The van der Waals surface area contributed by atoms with Crippen LogP contribution in [0.1, 0.15) is 323 Å². The van der Waals surface area contributed by atoms with E-state index in [0.29, 0.717) is 23.9 Å². The van der Waals surface area contributed by atoms with Gasteiger partial charge in [-0.2, -0.15) is 0 Å². The van der Waals surface area contributed by atoms with Crippen molar-refractivity contribution in [2.24, 2.45) is 0 Å². The molecule has 0 aromatic heterocycles. The van der Waals surface area contributed by atoms with Gasteiger partial charge in [-0.1, -0.05) is 275 Å². The minimum absolute atomic E-state index is 0.0360. The number of quaternary nitrogens is 1. The summed E-state index contributed by atoms with van der Waals surface area (Å²) in [5.74, 6) is -0.524. The molecule has 1 amide bonds. The highest BCUT2D eigenvalue weighted by Crippen LogP contribution is 2.43. The summed E-state index contributed by atoms with van der Waals surface area (Å²) in [5.41, 5.74) is 0. The summed E-state index contributed by atoms with van der Waals surface area (Å²) < 4.78 is 30.7. The summed E-state index contributed by atoms with van der Waals surface area (Å²) in [6, 6.07) is -0.861. The first kappa shape index (κ1) is 76.0. The maximum absolute atomic E-state index is 13.6. The number of nitrogens with one attached hydrogen (secondary N) is 1. The van der Waals surface area contributed by atoms with E-state index < -0.39 is 20.0 Å². The van der Waals surface area contributed by atoms with E-state index in [0.717, 1.165) is 64.2 Å². The van der Waals surface area contributed by atoms with Gasteiger partial charge in [0.05, 0.1) is 33.8 Å². The van der Waals surface area contributed by atoms with E-state index in [1.165, 1.54) is 218 Å². The number of esters is 1. The Morgan fingerprint density at radius 1 is 0.449 bits per heavy atom. The predicted octanol–water partition coefficient (Wildman–Crippen LogP) is 20.8. The first-order chi connectivity index (χ1) is 37.9. The lowest BCUT2D eigenvalue weighted by atomic mass is 10.0. The van der Waals surface area contributed by atoms with Gasteiger partial charge in [0.1, 0.15) is 19.3 Å². The molecule has 0 aromatic rings. The van der Waals surface area contributed by atoms with Crippen LogP contribution in [0, 0.1) is 0 Å². The van der Waals surface area contributed by atoms with E-state index in [2.05, 4.69) is 62.5 Å². The quantitative estimate of drug-likeness (QED) is 0.0156. The number of hydrogen-bond donors (Lipinski definition) is 2. The largest absolute Gasteiger partial charge is 0.472 e. The van der Waals surface area contributed by atoms with E-state index in [1.807, 2.05) is 33.3 Å². The number of phosphoric acid groups is 1. The molecule has 0 aliphatic heterocycles. The van der Waals surface area contributed by atoms with Crippen molar-refractivity contribution in [3.8, 4) is 0 Å². The molecule has 9 nitrogen and oxygen atoms in total. The van der Waals surface area contributed by atoms with Crippen LogP contribution in [0.25, 0.3) is 0 Å². The summed E-state index contributed by atoms with van der Waals surface area (Å²) in [6.45, 7) is 7.02. The highest BCUT2D eigenvalue weighted by molar-refractivity contribution is 7.47. The number of carbonyl (C=O) groups is 2. The lowest BCUT2D eigenvalue weighted by Crippen LogP contribution is -2.47. The summed E-state index contributed by atoms with van der Waals surface area (Å²) in [4.78, 5) is 37.8. The van der Waals surface area contributed by atoms with Gasteiger partial charge in [0, 0.05) is 12.8 Å². The third-order valence-electron chi connectivity index (χ3n) is 15.0. The summed E-state index contributed by atoms with van der Waals surface area (Å²) >= 11 is 0. The Morgan fingerprint density at radius 3 is 1.18 bits per heavy atom. The molecule has 3 atom stereocenters. The minimum Gasteiger partial charge on any atom is -0.456 e. The second-order valence-corrected chi connectivity index (χ2v) is 25.5. The van der Waals surface area contributed by atoms with Crippen molar-refractivity contribution < 1.29 is 37.3 Å². The highest BCUT2D eigenvalue weighted by Gasteiger charge is 2.30. The first-order valence-electron chi connectivity index (χ1n) is 33.5. The van der Waals surface area contributed by atoms with Crippen LogP contribution >= 0.6 is 7.82 Å². The second kappa shape index (κ2) is 58.2. The van der Waals surface area contributed by atoms with E-state index in [1.54, 1.807) is 0 Å². The topological polar surface area (TPSA) is 111 Å². The van der Waals surface area contributed by atoms with Crippen LogP contribution in [0.3, 0.4) is 0 Å². The number of amides is 1. The summed E-state index contributed by atoms with van der Waals surface area (Å²) in [7, 11) is 1.49. The Kier molecular flexibility index (Phi) is 56.7. The number of carbonyl (C=O) groups excluding carboxylic acids is 2. The van der Waals surface area contributed by atoms with E-state index >= 15 is 0 Å². The van der Waals surface area contributed by atoms with Gasteiger partial charge >= 0.3 is 13.8 Å². The fraction of sp³-hybridized carbons (Fsp3) is 0.853. The molecule has 78 heavy (non-hydrogen) atoms. The normalized spacial score (nSPS) is 13.9. The number of hydrogen-bond acceptors (Lipinski definition) is 6. The van der Waals surface area contributed by atoms with Gasteiger partial charge in [-0.15, -0.1) is 0 Å². The predicted molar refractivity (Wildman–Crippen MR) is 337 cm³/mol. The average molecular weight is 1120 g/mol. The van der Waals surface area contributed by atoms with Crippen molar-refractivity contribution in [3.63, 3.8) is 0 Å². The molecule has 0 spiro atoms. The van der Waals surface area contributed by atoms with E-state index in [4.69, 9.17) is 13.8 Å². The standard InChI is InChI=1S/C68H129N2O7P/c1-7-10-13-16-19-22-25-28-30-32-33-34-35-36-37-38-40-43-46-49-52-55-58-61-68(72)77-66(59-56-53-50-47-44-41-27-24-21-18-15-12-9-3)65(64-76-78(73,74)75-63-62-70(4,5)6)69-67(71)60-57-54-51-48-45-42-39-31-29-26-23-20-17-14-11-8-2/h28,30-31,39,42,45,56,59,65-66H,7-27,29,32-38,40-41,43-44,46-55,57-58,60-64H2,1-6H3,(H-,69,71,73,74)/p+1/b30-28+,39-31+,45-42+,59-56-. The van der Waals surface area contributed by atoms with E-state index in [9.17, 15) is 19.0 Å². The molecule has 0 heterocycles. The van der Waals surface area contributed by atoms with Gasteiger partial charge in [-0.3, -0.25) is 18.6 Å². The first-order valence-corrected chi connectivity index (χ1v) is 35.0. The number of likely N-dealkylation sites (N-methyl/N-ethyl adjacent to an activating group) is 1. The number of ether oxygens (including phenoxy) is 1. The molecule has 0 saturated carbocycles. The Labute approximate surface area is 484 Å². The Hall–Kier alpha value is -2.03. The van der Waals surface area contributed by atoms with Crippen LogP contribution in [0.4, 0.5) is 0 Å². The van der Waals surface area contributed by atoms with Crippen molar-refractivity contribution in [2.45, 2.75) is 335 Å². The van der Waals surface area contributed by atoms with Crippen LogP contribution < -0.4 is 5.32 Å². The van der Waals surface area contributed by atoms with Gasteiger partial charge < -0.3 is 19.4 Å². The molecular weight excluding hydrogens is 988 g/mol. The fourth-order valence-corrected chi connectivity index (χ4v) is 10.5. The SMILES string of the molecule is CCCCCCCC/C=C/CCCCCCCCCCCCCCCC(=O)OC(/C=C\CCCCCCCCCCCCC)C(COP(=O)(O)OCC[N+](C)(C)C)NC(=O)CCCCC/C=C/C=C/CCCCCCCCC. The molecule has 0 fully saturated rings. The lowest BCUT2D eigenvalue weighted by Gasteiger charge is -2.27. The molecule has 458 valence electrons. The number of phosphoric ester groups is 1. The molecule has 0 saturated heterocycles. The van der Waals surface area contributed by atoms with Crippen LogP contribution in [-0.2, 0) is 27.9 Å². The summed E-state index contributed by atoms with van der Waals surface area (Å²) in [6.07, 6.45) is 72.6. The van der Waals surface area contributed by atoms with Crippen LogP contribution in [0.15, 0.2) is 48.6 Å². The zero-order valence-electron chi connectivity index (χ0n) is 52.4. The Morgan fingerprint density at radius 2 is 0.782 bits per heavy atom. The van der Waals surface area contributed by atoms with E-state index in [-0.39, 0.29) is 31.5 Å². The maximum atomic E-state index is 13.6. The van der Waals surface area contributed by atoms with Crippen molar-refractivity contribution in [1.29, 1.82) is 0 Å². The number of rotatable bonds is 61. The fourth-order valence-electron chi connectivity index (χ4n) is 9.81. The van der Waals surface area contributed by atoms with Crippen molar-refractivity contribution in [3.05, 3.63) is 48.6 Å². The van der Waals surface area contributed by atoms with Crippen molar-refractivity contribution in [1.82, 2.24) is 5.32 Å². The number of nitrogens with zero attached hydrogens (tertiary/aromatic N) is 1. The maximum Gasteiger partial charge on any atom is 0.472 e. The van der Waals surface area contributed by atoms with Gasteiger partial charge in [-0.25, -0.2) is 4.57 Å². The molecule has 3 unspecified atom stereocenters. The molecule has 0 aliphatic rings. The average Bonchev–Trinajstić information content (AvgIpc) is 3.40. The third-order valence-corrected chi connectivity index (χ3v) is 16.0. The molecule has 2 N–H and O–H groups in total. The molecule has 0 bridgehead atoms. The Balaban J connectivity index is 5.18. The molecular formula is C68H130N2O7P+. The monoisotopic (exact) mass is 1120 g/mol. The summed E-state index contributed by atoms with van der Waals surface area (Å²) in [5, 5.41) is 3.05. The van der Waals surface area contributed by atoms with Gasteiger partial charge in [0.2, 0.25) is 5.91 Å². The molecule has 0 radical (unpaired) electrons. The number of unbranched alkanes of at least 4 members (excludes halogenated alkanes) is 40. The second-order valence-electron chi connectivity index (χ2n) is 24.0. The zero-order chi connectivity index (χ0) is 57.2. The molecule has 10 heteroatoms. The van der Waals surface area contributed by atoms with Crippen LogP contribution in [0.5, 0.6) is 0 Å². The van der Waals surface area contributed by atoms with Gasteiger partial charge in [0.25, 0.3) is 0 Å². The Bertz CT molecular complexity index is 1470. The zero-order valence-corrected chi connectivity index (χ0v) is 53.3. The smallest absolute Gasteiger partial charge is 0.456 e. The molecule has 0 rings (SSSR count). The van der Waals surface area contributed by atoms with Crippen LogP contribution in [0.2, 0.25) is 0 Å². The van der Waals surface area contributed by atoms with Crippen LogP contribution in [-0.4, -0.2) is 74.3 Å². The van der Waals surface area contributed by atoms with Gasteiger partial charge in [-0.05, 0) is 83.1 Å².